The number of halogens is 1. The van der Waals surface area contributed by atoms with Crippen molar-refractivity contribution in [2.24, 2.45) is 0 Å². The minimum atomic E-state index is -3.56. The van der Waals surface area contributed by atoms with E-state index in [0.29, 0.717) is 30.6 Å². The summed E-state index contributed by atoms with van der Waals surface area (Å²) in [4.78, 5) is 35.3. The van der Waals surface area contributed by atoms with Crippen molar-refractivity contribution in [1.82, 2.24) is 15.3 Å². The number of amides is 3. The average Bonchev–Trinajstić information content (AvgIpc) is 2.85. The van der Waals surface area contributed by atoms with Crippen LogP contribution in [0.2, 0.25) is 0 Å². The van der Waals surface area contributed by atoms with Gasteiger partial charge in [0.25, 0.3) is 0 Å². The molecule has 2 aromatic carbocycles. The van der Waals surface area contributed by atoms with Crippen molar-refractivity contribution in [2.75, 3.05) is 27.7 Å². The summed E-state index contributed by atoms with van der Waals surface area (Å²) in [7, 11) is -3.56. The predicted octanol–water partition coefficient (Wildman–Crippen LogP) is 3.53. The van der Waals surface area contributed by atoms with Gasteiger partial charge in [-0.2, -0.15) is 0 Å². The number of nitrogens with zero attached hydrogens (tertiary/aromatic N) is 3. The molecule has 1 aliphatic rings. The van der Waals surface area contributed by atoms with Gasteiger partial charge in [-0.3, -0.25) is 19.8 Å². The average molecular weight is 527 g/mol. The lowest BCUT2D eigenvalue weighted by Gasteiger charge is -2.32. The number of para-hydroxylation sites is 1. The minimum absolute atomic E-state index is 0.184. The Morgan fingerprint density at radius 1 is 1.14 bits per heavy atom. The van der Waals surface area contributed by atoms with E-state index < -0.39 is 27.9 Å². The van der Waals surface area contributed by atoms with Crippen molar-refractivity contribution < 1.29 is 22.4 Å². The van der Waals surface area contributed by atoms with Crippen LogP contribution in [-0.2, 0) is 21.2 Å². The zero-order chi connectivity index (χ0) is 26.6. The number of carbonyl (C=O) groups excluding carboxylic acids is 2. The van der Waals surface area contributed by atoms with Gasteiger partial charge in [0, 0.05) is 23.4 Å². The molecule has 0 radical (unpaired) electrons. The molecule has 3 amide bonds. The molecule has 3 aromatic rings. The molecule has 1 saturated heterocycles. The van der Waals surface area contributed by atoms with Gasteiger partial charge >= 0.3 is 6.03 Å². The molecule has 0 saturated carbocycles. The maximum atomic E-state index is 15.2. The topological polar surface area (TPSA) is 133 Å². The van der Waals surface area contributed by atoms with Crippen molar-refractivity contribution in [1.29, 1.82) is 0 Å². The second-order valence-corrected chi connectivity index (χ2v) is 10.4. The number of hydrogen-bond acceptors (Lipinski definition) is 6. The Morgan fingerprint density at radius 2 is 1.92 bits per heavy atom. The molecule has 12 heteroatoms. The zero-order valence-electron chi connectivity index (χ0n) is 20.4. The van der Waals surface area contributed by atoms with Crippen LogP contribution in [0.4, 0.5) is 26.4 Å². The molecular weight excluding hydrogens is 499 g/mol. The normalized spacial score (nSPS) is 15.8. The molecule has 37 heavy (non-hydrogen) atoms. The Balaban J connectivity index is 1.48. The van der Waals surface area contributed by atoms with Gasteiger partial charge < -0.3 is 10.2 Å². The van der Waals surface area contributed by atoms with Crippen LogP contribution in [0.5, 0.6) is 0 Å². The minimum Gasteiger partial charge on any atom is -0.326 e. The number of aromatic nitrogens is 2. The first-order valence-corrected chi connectivity index (χ1v) is 13.6. The number of nitrogens with one attached hydrogen (secondary N) is 3. The summed E-state index contributed by atoms with van der Waals surface area (Å²) < 4.78 is 41.0. The fraction of sp³-hybridized carbons (Fsp3) is 0.280. The van der Waals surface area contributed by atoms with Crippen LogP contribution in [0.15, 0.2) is 54.9 Å². The number of sulfonamides is 1. The Kier molecular flexibility index (Phi) is 7.67. The van der Waals surface area contributed by atoms with Crippen LogP contribution in [0.25, 0.3) is 11.1 Å². The molecular formula is C25H27FN6O4S. The summed E-state index contributed by atoms with van der Waals surface area (Å²) in [5.41, 5.74) is 1.93. The summed E-state index contributed by atoms with van der Waals surface area (Å²) in [6.07, 6.45) is 5.79. The monoisotopic (exact) mass is 526 g/mol. The highest BCUT2D eigenvalue weighted by atomic mass is 32.2. The van der Waals surface area contributed by atoms with Gasteiger partial charge in [0.15, 0.2) is 5.82 Å². The maximum absolute atomic E-state index is 15.2. The van der Waals surface area contributed by atoms with E-state index in [1.54, 1.807) is 36.5 Å². The Hall–Kier alpha value is -4.06. The van der Waals surface area contributed by atoms with E-state index in [2.05, 4.69) is 25.3 Å². The highest BCUT2D eigenvalue weighted by molar-refractivity contribution is 7.92. The number of anilines is 3. The fourth-order valence-electron chi connectivity index (χ4n) is 4.08. The molecule has 1 aromatic heterocycles. The van der Waals surface area contributed by atoms with Crippen LogP contribution in [-0.4, -0.2) is 49.2 Å². The molecule has 1 aliphatic heterocycles. The lowest BCUT2D eigenvalue weighted by Crippen LogP contribution is -2.53. The predicted molar refractivity (Wildman–Crippen MR) is 139 cm³/mol. The molecule has 3 N–H and O–H groups in total. The summed E-state index contributed by atoms with van der Waals surface area (Å²) in [6.45, 7) is 2.31. The summed E-state index contributed by atoms with van der Waals surface area (Å²) in [5, 5.41) is 5.23. The van der Waals surface area contributed by atoms with E-state index in [1.165, 1.54) is 23.2 Å². The van der Waals surface area contributed by atoms with Crippen LogP contribution in [0.3, 0.4) is 0 Å². The lowest BCUT2D eigenvalue weighted by molar-refractivity contribution is -0.121. The third-order valence-corrected chi connectivity index (χ3v) is 6.42. The van der Waals surface area contributed by atoms with Gasteiger partial charge in [-0.05, 0) is 43.5 Å². The maximum Gasteiger partial charge on any atom is 0.321 e. The van der Waals surface area contributed by atoms with E-state index in [0.717, 1.165) is 18.4 Å². The third kappa shape index (κ3) is 6.39. The summed E-state index contributed by atoms with van der Waals surface area (Å²) >= 11 is 0. The number of benzene rings is 2. The van der Waals surface area contributed by atoms with E-state index in [4.69, 9.17) is 0 Å². The van der Waals surface area contributed by atoms with Crippen molar-refractivity contribution in [3.8, 4) is 11.1 Å². The number of piperidine rings is 1. The quantitative estimate of drug-likeness (QED) is 0.431. The van der Waals surface area contributed by atoms with Crippen LogP contribution in [0, 0.1) is 5.82 Å². The molecule has 0 unspecified atom stereocenters. The molecule has 0 bridgehead atoms. The standard InChI is InChI=1S/C25H27FN6O4S/c1-3-16-14-28-23(15-27-16)30-25(34)29-22-9-6-12-32(24(22)33)17-10-11-18(20(26)13-17)19-7-4-5-8-21(19)31-37(2,35)36/h4-5,7-8,10-11,13-15,22,31H,3,6,9,12H2,1-2H3,(H2,28,29,30,34)/t22-/m1/s1. The first kappa shape index (κ1) is 26.0. The number of hydrogen-bond donors (Lipinski definition) is 3. The van der Waals surface area contributed by atoms with Gasteiger partial charge in [-0.15, -0.1) is 0 Å². The summed E-state index contributed by atoms with van der Waals surface area (Å²) in [5.74, 6) is -0.715. The first-order valence-electron chi connectivity index (χ1n) is 11.7. The third-order valence-electron chi connectivity index (χ3n) is 5.83. The number of rotatable bonds is 7. The highest BCUT2D eigenvalue weighted by Gasteiger charge is 2.31. The van der Waals surface area contributed by atoms with Gasteiger partial charge in [0.2, 0.25) is 15.9 Å². The molecule has 2 heterocycles. The van der Waals surface area contributed by atoms with E-state index >= 15 is 4.39 Å². The molecule has 194 valence electrons. The van der Waals surface area contributed by atoms with Crippen molar-refractivity contribution in [2.45, 2.75) is 32.2 Å². The van der Waals surface area contributed by atoms with Gasteiger partial charge in [0.1, 0.15) is 11.9 Å². The van der Waals surface area contributed by atoms with Crippen molar-refractivity contribution in [3.63, 3.8) is 0 Å². The fourth-order valence-corrected chi connectivity index (χ4v) is 4.65. The van der Waals surface area contributed by atoms with Crippen molar-refractivity contribution in [3.05, 3.63) is 66.4 Å². The molecule has 10 nitrogen and oxygen atoms in total. The van der Waals surface area contributed by atoms with Gasteiger partial charge in [-0.1, -0.05) is 25.1 Å². The van der Waals surface area contributed by atoms with Gasteiger partial charge in [0.05, 0.1) is 30.0 Å². The van der Waals surface area contributed by atoms with Gasteiger partial charge in [-0.25, -0.2) is 22.6 Å². The Bertz CT molecular complexity index is 1410. The Labute approximate surface area is 214 Å². The zero-order valence-corrected chi connectivity index (χ0v) is 21.2. The van der Waals surface area contributed by atoms with E-state index in [1.807, 2.05) is 6.92 Å². The van der Waals surface area contributed by atoms with E-state index in [-0.39, 0.29) is 23.0 Å². The number of aryl methyl sites for hydroxylation is 1. The second kappa shape index (κ2) is 10.9. The molecule has 4 rings (SSSR count). The van der Waals surface area contributed by atoms with Crippen LogP contribution in [0.1, 0.15) is 25.5 Å². The lowest BCUT2D eigenvalue weighted by atomic mass is 10.0. The summed E-state index contributed by atoms with van der Waals surface area (Å²) in [6, 6.07) is 9.43. The first-order chi connectivity index (χ1) is 17.6. The molecule has 0 aliphatic carbocycles. The van der Waals surface area contributed by atoms with E-state index in [9.17, 15) is 18.0 Å². The second-order valence-electron chi connectivity index (χ2n) is 8.61. The molecule has 0 spiro atoms. The van der Waals surface area contributed by atoms with Crippen LogP contribution < -0.4 is 20.3 Å². The smallest absolute Gasteiger partial charge is 0.321 e. The number of carbonyl (C=O) groups is 2. The SMILES string of the molecule is CCc1cnc(NC(=O)N[C@@H]2CCCN(c3ccc(-c4ccccc4NS(C)(=O)=O)c(F)c3)C2=O)cn1. The molecule has 1 atom stereocenters. The molecule has 1 fully saturated rings. The van der Waals surface area contributed by atoms with Crippen LogP contribution >= 0.6 is 0 Å². The Morgan fingerprint density at radius 3 is 2.59 bits per heavy atom. The van der Waals surface area contributed by atoms with Crippen molar-refractivity contribution >= 4 is 39.2 Å². The highest BCUT2D eigenvalue weighted by Crippen LogP contribution is 2.33. The number of urea groups is 1. The largest absolute Gasteiger partial charge is 0.326 e.